The minimum absolute atomic E-state index is 0.0110. The summed E-state index contributed by atoms with van der Waals surface area (Å²) in [6.45, 7) is -1.30. The van der Waals surface area contributed by atoms with E-state index in [1.807, 2.05) is 6.07 Å². The second-order valence-corrected chi connectivity index (χ2v) is 9.09. The number of hydrogen-bond acceptors (Lipinski definition) is 4. The van der Waals surface area contributed by atoms with Crippen molar-refractivity contribution in [2.45, 2.75) is 32.2 Å². The summed E-state index contributed by atoms with van der Waals surface area (Å²) in [7, 11) is 0. The van der Waals surface area contributed by atoms with E-state index in [-0.39, 0.29) is 12.4 Å². The molecule has 28 heavy (non-hydrogen) atoms. The van der Waals surface area contributed by atoms with Crippen LogP contribution < -0.4 is 9.61 Å². The third-order valence-corrected chi connectivity index (χ3v) is 5.27. The molecule has 0 saturated carbocycles. The fraction of sp³-hybridized carbons (Fsp3) is 0.278. The molecule has 0 aliphatic carbocycles. The maximum atomic E-state index is 12.6. The lowest BCUT2D eigenvalue weighted by Gasteiger charge is -2.26. The summed E-state index contributed by atoms with van der Waals surface area (Å²) in [6, 6.07) is 12.5. The van der Waals surface area contributed by atoms with Crippen LogP contribution in [0.3, 0.4) is 0 Å². The van der Waals surface area contributed by atoms with Crippen molar-refractivity contribution < 1.29 is 31.8 Å². The first kappa shape index (κ1) is 22.3. The molecule has 2 rings (SSSR count). The van der Waals surface area contributed by atoms with Crippen LogP contribution in [0.5, 0.6) is 5.75 Å². The molecule has 0 aliphatic heterocycles. The van der Waals surface area contributed by atoms with Gasteiger partial charge in [0.1, 0.15) is 17.9 Å². The summed E-state index contributed by atoms with van der Waals surface area (Å²) in [5, 5.41) is 2.36. The number of ether oxygens (including phenoxy) is 1. The molecule has 0 amide bonds. The Labute approximate surface area is 165 Å². The zero-order valence-corrected chi connectivity index (χ0v) is 16.6. The summed E-state index contributed by atoms with van der Waals surface area (Å²) in [5.41, 5.74) is -1.60. The van der Waals surface area contributed by atoms with Gasteiger partial charge in [-0.3, -0.25) is 4.79 Å². The van der Waals surface area contributed by atoms with E-state index in [1.54, 1.807) is 24.3 Å². The van der Waals surface area contributed by atoms with E-state index in [2.05, 4.69) is 5.09 Å². The van der Waals surface area contributed by atoms with Crippen LogP contribution in [0, 0.1) is 0 Å². The van der Waals surface area contributed by atoms with E-state index in [0.29, 0.717) is 0 Å². The topological polar surface area (TPSA) is 64.6 Å². The van der Waals surface area contributed by atoms with Crippen LogP contribution in [0.25, 0.3) is 0 Å². The zero-order chi connectivity index (χ0) is 21.0. The summed E-state index contributed by atoms with van der Waals surface area (Å²) in [5.74, 6) is -0.875. The van der Waals surface area contributed by atoms with Crippen LogP contribution >= 0.6 is 18.1 Å². The highest BCUT2D eigenvalue weighted by Crippen LogP contribution is 2.50. The van der Waals surface area contributed by atoms with Gasteiger partial charge < -0.3 is 9.26 Å². The van der Waals surface area contributed by atoms with Gasteiger partial charge in [0.05, 0.1) is 5.56 Å². The molecule has 1 unspecified atom stereocenters. The van der Waals surface area contributed by atoms with Gasteiger partial charge >= 0.3 is 19.0 Å². The smallest absolute Gasteiger partial charge is 0.416 e. The highest BCUT2D eigenvalue weighted by molar-refractivity contribution is 7.84. The van der Waals surface area contributed by atoms with Crippen LogP contribution in [0.1, 0.15) is 25.0 Å². The Morgan fingerprint density at radius 3 is 2.18 bits per heavy atom. The fourth-order valence-electron chi connectivity index (χ4n) is 2.15. The van der Waals surface area contributed by atoms with Gasteiger partial charge in [0.2, 0.25) is 0 Å². The van der Waals surface area contributed by atoms with E-state index in [4.69, 9.17) is 20.5 Å². The number of carbonyl (C=O) groups excluding carboxylic acids is 1. The Balaban J connectivity index is 1.98. The van der Waals surface area contributed by atoms with Crippen molar-refractivity contribution in [1.82, 2.24) is 5.09 Å². The van der Waals surface area contributed by atoms with E-state index in [9.17, 15) is 22.5 Å². The van der Waals surface area contributed by atoms with Crippen LogP contribution in [-0.4, -0.2) is 11.5 Å². The van der Waals surface area contributed by atoms with Crippen LogP contribution in [0.2, 0.25) is 0 Å². The van der Waals surface area contributed by atoms with Crippen molar-refractivity contribution in [2.75, 3.05) is 0 Å². The average molecular weight is 436 g/mol. The van der Waals surface area contributed by atoms with Gasteiger partial charge in [-0.1, -0.05) is 30.3 Å². The third-order valence-electron chi connectivity index (χ3n) is 3.54. The van der Waals surface area contributed by atoms with Crippen molar-refractivity contribution in [3.63, 3.8) is 0 Å². The lowest BCUT2D eigenvalue weighted by molar-refractivity contribution is -0.150. The molecule has 0 aromatic heterocycles. The molecule has 5 nitrogen and oxygen atoms in total. The van der Waals surface area contributed by atoms with Gasteiger partial charge in [-0.25, -0.2) is 9.65 Å². The lowest BCUT2D eigenvalue weighted by atomic mass is 10.1. The Morgan fingerprint density at radius 1 is 1.07 bits per heavy atom. The summed E-state index contributed by atoms with van der Waals surface area (Å²) in [4.78, 5) is 12.3. The van der Waals surface area contributed by atoms with Crippen LogP contribution in [-0.2, 0) is 26.9 Å². The predicted molar refractivity (Wildman–Crippen MR) is 99.0 cm³/mol. The number of esters is 1. The lowest BCUT2D eigenvalue weighted by Crippen LogP contribution is -2.45. The van der Waals surface area contributed by atoms with Crippen molar-refractivity contribution in [3.05, 3.63) is 65.7 Å². The summed E-state index contributed by atoms with van der Waals surface area (Å²) < 4.78 is 60.4. The van der Waals surface area contributed by atoms with Gasteiger partial charge in [-0.05, 0) is 43.7 Å². The normalized spacial score (nSPS) is 14.2. The molecule has 0 radical (unpaired) electrons. The van der Waals surface area contributed by atoms with Crippen LogP contribution in [0.15, 0.2) is 54.6 Å². The largest absolute Gasteiger partial charge is 0.459 e. The fourth-order valence-corrected chi connectivity index (χ4v) is 4.22. The molecule has 0 heterocycles. The Hall–Kier alpha value is -2.02. The molecule has 152 valence electrons. The molecular formula is C18H18ClF3NO4P. The van der Waals surface area contributed by atoms with E-state index in [1.165, 1.54) is 13.8 Å². The predicted octanol–water partition coefficient (Wildman–Crippen LogP) is 5.54. The third kappa shape index (κ3) is 6.55. The number of alkyl halides is 3. The Bertz CT molecular complexity index is 857. The zero-order valence-electron chi connectivity index (χ0n) is 15.0. The van der Waals surface area contributed by atoms with Gasteiger partial charge in [0.25, 0.3) is 0 Å². The molecular weight excluding hydrogens is 418 g/mol. The van der Waals surface area contributed by atoms with E-state index < -0.39 is 30.1 Å². The standard InChI is InChI=1S/C18H18ClF3NO4P/c1-17(2,16(24)26-12-13-6-4-3-5-7-13)23-28(19,25)27-15-10-8-14(9-11-15)18(20,21)22/h3-11H,12H2,1-2H3,(H,23,25). The number of hydrogen-bond donors (Lipinski definition) is 1. The van der Waals surface area contributed by atoms with Crippen molar-refractivity contribution in [2.24, 2.45) is 0 Å². The number of carbonyl (C=O) groups is 1. The highest BCUT2D eigenvalue weighted by Gasteiger charge is 2.38. The molecule has 0 aliphatic rings. The molecule has 0 saturated heterocycles. The minimum Gasteiger partial charge on any atom is -0.459 e. The highest BCUT2D eigenvalue weighted by atomic mass is 35.7. The van der Waals surface area contributed by atoms with Crippen molar-refractivity contribution in [3.8, 4) is 5.75 Å². The molecule has 0 spiro atoms. The van der Waals surface area contributed by atoms with Gasteiger partial charge in [-0.2, -0.15) is 13.2 Å². The maximum absolute atomic E-state index is 12.6. The van der Waals surface area contributed by atoms with Crippen LogP contribution in [0.4, 0.5) is 13.2 Å². The quantitative estimate of drug-likeness (QED) is 0.457. The second kappa shape index (κ2) is 8.55. The van der Waals surface area contributed by atoms with Gasteiger partial charge in [0, 0.05) is 11.2 Å². The van der Waals surface area contributed by atoms with E-state index in [0.717, 1.165) is 29.8 Å². The first-order valence-corrected chi connectivity index (χ1v) is 10.6. The molecule has 2 aromatic rings. The van der Waals surface area contributed by atoms with E-state index >= 15 is 0 Å². The van der Waals surface area contributed by atoms with Gasteiger partial charge in [-0.15, -0.1) is 0 Å². The summed E-state index contributed by atoms with van der Waals surface area (Å²) >= 11 is 5.84. The second-order valence-electron chi connectivity index (χ2n) is 6.39. The monoisotopic (exact) mass is 435 g/mol. The minimum atomic E-state index is -4.51. The Morgan fingerprint density at radius 2 is 1.64 bits per heavy atom. The molecule has 0 fully saturated rings. The molecule has 2 aromatic carbocycles. The number of rotatable bonds is 7. The number of nitrogens with one attached hydrogen (secondary N) is 1. The first-order chi connectivity index (χ1) is 12.9. The Kier molecular flexibility index (Phi) is 6.80. The van der Waals surface area contributed by atoms with Crippen molar-refractivity contribution in [1.29, 1.82) is 0 Å². The SMILES string of the molecule is CC(C)(NP(=O)(Cl)Oc1ccc(C(F)(F)F)cc1)C(=O)OCc1ccccc1. The van der Waals surface area contributed by atoms with Crippen molar-refractivity contribution >= 4 is 24.1 Å². The maximum Gasteiger partial charge on any atom is 0.416 e. The average Bonchev–Trinajstić information content (AvgIpc) is 2.58. The molecule has 10 heteroatoms. The molecule has 1 N–H and O–H groups in total. The first-order valence-electron chi connectivity index (χ1n) is 8.06. The molecule has 1 atom stereocenters. The summed E-state index contributed by atoms with van der Waals surface area (Å²) in [6.07, 6.45) is -4.51. The molecule has 0 bridgehead atoms. The number of halogens is 4. The van der Waals surface area contributed by atoms with Gasteiger partial charge in [0.15, 0.2) is 0 Å². The number of benzene rings is 2.